The molecule has 0 atom stereocenters. The van der Waals surface area contributed by atoms with Crippen LogP contribution >= 0.6 is 7.92 Å². The van der Waals surface area contributed by atoms with Crippen LogP contribution in [0.15, 0.2) is 103 Å². The Labute approximate surface area is 164 Å². The van der Waals surface area contributed by atoms with E-state index in [1.54, 1.807) is 0 Å². The van der Waals surface area contributed by atoms with E-state index in [0.29, 0.717) is 0 Å². The fourth-order valence-corrected chi connectivity index (χ4v) is 6.26. The summed E-state index contributed by atoms with van der Waals surface area (Å²) in [4.78, 5) is 0. The molecule has 0 aliphatic heterocycles. The summed E-state index contributed by atoms with van der Waals surface area (Å²) in [6, 6.07) is 30.9. The zero-order chi connectivity index (χ0) is 18.7. The predicted octanol–water partition coefficient (Wildman–Crippen LogP) is 5.81. The average molecular weight is 368 g/mol. The summed E-state index contributed by atoms with van der Waals surface area (Å²) in [6.07, 6.45) is 7.89. The Morgan fingerprint density at radius 3 is 1.85 bits per heavy atom. The Bertz CT molecular complexity index is 926. The molecule has 0 fully saturated rings. The third-order valence-electron chi connectivity index (χ3n) is 5.22. The molecule has 0 N–H and O–H groups in total. The first-order chi connectivity index (χ1) is 13.2. The molecule has 134 valence electrons. The van der Waals surface area contributed by atoms with Crippen molar-refractivity contribution in [3.8, 4) is 0 Å². The molecular weight excluding hydrogens is 343 g/mol. The summed E-state index contributed by atoms with van der Waals surface area (Å²) >= 11 is 0. The highest BCUT2D eigenvalue weighted by Gasteiger charge is 2.28. The van der Waals surface area contributed by atoms with E-state index in [0.717, 1.165) is 6.42 Å². The molecular formula is C26H25P. The van der Waals surface area contributed by atoms with Crippen molar-refractivity contribution < 1.29 is 0 Å². The van der Waals surface area contributed by atoms with Gasteiger partial charge in [0.25, 0.3) is 0 Å². The minimum Gasteiger partial charge on any atom is -0.0837 e. The highest BCUT2D eigenvalue weighted by molar-refractivity contribution is 7.80. The third kappa shape index (κ3) is 3.68. The lowest BCUT2D eigenvalue weighted by Crippen LogP contribution is -2.26. The Hall–Kier alpha value is -2.43. The van der Waals surface area contributed by atoms with Gasteiger partial charge >= 0.3 is 0 Å². The van der Waals surface area contributed by atoms with Gasteiger partial charge in [0.2, 0.25) is 0 Å². The van der Waals surface area contributed by atoms with E-state index in [9.17, 15) is 0 Å². The van der Waals surface area contributed by atoms with Gasteiger partial charge in [0.1, 0.15) is 0 Å². The van der Waals surface area contributed by atoms with E-state index >= 15 is 0 Å². The Balaban J connectivity index is 1.93. The van der Waals surface area contributed by atoms with Crippen LogP contribution in [0.1, 0.15) is 25.8 Å². The topological polar surface area (TPSA) is 0 Å². The molecule has 27 heavy (non-hydrogen) atoms. The van der Waals surface area contributed by atoms with Crippen LogP contribution in [0.5, 0.6) is 0 Å². The van der Waals surface area contributed by atoms with Crippen LogP contribution in [0.2, 0.25) is 0 Å². The zero-order valence-corrected chi connectivity index (χ0v) is 16.9. The molecule has 3 aromatic rings. The first-order valence-corrected chi connectivity index (χ1v) is 10.9. The molecule has 1 aliphatic carbocycles. The van der Waals surface area contributed by atoms with E-state index in [2.05, 4.69) is 117 Å². The maximum Gasteiger partial charge on any atom is -0.00628 e. The minimum absolute atomic E-state index is 0.152. The van der Waals surface area contributed by atoms with Gasteiger partial charge in [0, 0.05) is 0 Å². The monoisotopic (exact) mass is 368 g/mol. The molecule has 0 aromatic heterocycles. The zero-order valence-electron chi connectivity index (χ0n) is 16.0. The number of allylic oxidation sites excluding steroid dienone is 4. The molecule has 4 rings (SSSR count). The lowest BCUT2D eigenvalue weighted by atomic mass is 9.75. The first-order valence-electron chi connectivity index (χ1n) is 9.54. The van der Waals surface area contributed by atoms with Gasteiger partial charge < -0.3 is 0 Å². The fourth-order valence-electron chi connectivity index (χ4n) is 3.79. The maximum absolute atomic E-state index is 2.35. The second-order valence-corrected chi connectivity index (χ2v) is 9.81. The van der Waals surface area contributed by atoms with Crippen molar-refractivity contribution in [2.75, 3.05) is 0 Å². The van der Waals surface area contributed by atoms with E-state index in [1.165, 1.54) is 27.1 Å². The van der Waals surface area contributed by atoms with Gasteiger partial charge in [0.05, 0.1) is 0 Å². The van der Waals surface area contributed by atoms with E-state index < -0.39 is 7.92 Å². The molecule has 0 nitrogen and oxygen atoms in total. The number of hydrogen-bond acceptors (Lipinski definition) is 0. The molecule has 0 saturated carbocycles. The van der Waals surface area contributed by atoms with Crippen LogP contribution in [-0.2, 0) is 0 Å². The summed E-state index contributed by atoms with van der Waals surface area (Å²) in [5.74, 6) is 0. The van der Waals surface area contributed by atoms with Gasteiger partial charge in [0.15, 0.2) is 0 Å². The molecule has 0 amide bonds. The van der Waals surface area contributed by atoms with Crippen molar-refractivity contribution in [2.45, 2.75) is 20.3 Å². The number of rotatable bonds is 4. The van der Waals surface area contributed by atoms with Gasteiger partial charge in [-0.15, -0.1) is 0 Å². The average Bonchev–Trinajstić information content (AvgIpc) is 2.70. The normalized spacial score (nSPS) is 15.6. The molecule has 0 bridgehead atoms. The van der Waals surface area contributed by atoms with Crippen LogP contribution in [0.3, 0.4) is 0 Å². The lowest BCUT2D eigenvalue weighted by Gasteiger charge is -2.32. The molecule has 1 aliphatic rings. The Morgan fingerprint density at radius 2 is 1.26 bits per heavy atom. The van der Waals surface area contributed by atoms with Gasteiger partial charge in [-0.05, 0) is 46.8 Å². The summed E-state index contributed by atoms with van der Waals surface area (Å²) in [7, 11) is -0.598. The Kier molecular flexibility index (Phi) is 5.10. The third-order valence-corrected chi connectivity index (χ3v) is 7.72. The molecule has 0 heterocycles. The standard InChI is InChI=1S/C26H25P/c1-26(2)20-12-11-18-24(26)23-17-9-10-19-25(23)27(21-13-5-3-6-14-21)22-15-7-4-8-16-22/h3-19H,20H2,1-2H3. The Morgan fingerprint density at radius 1 is 0.704 bits per heavy atom. The van der Waals surface area contributed by atoms with Gasteiger partial charge in [-0.3, -0.25) is 0 Å². The van der Waals surface area contributed by atoms with Crippen molar-refractivity contribution in [1.29, 1.82) is 0 Å². The van der Waals surface area contributed by atoms with Crippen molar-refractivity contribution in [3.63, 3.8) is 0 Å². The van der Waals surface area contributed by atoms with Crippen molar-refractivity contribution in [2.24, 2.45) is 5.41 Å². The molecule has 0 unspecified atom stereocenters. The van der Waals surface area contributed by atoms with Gasteiger partial charge in [-0.25, -0.2) is 0 Å². The number of hydrogen-bond donors (Lipinski definition) is 0. The quantitative estimate of drug-likeness (QED) is 0.510. The van der Waals surface area contributed by atoms with Crippen LogP contribution in [0.25, 0.3) is 5.57 Å². The minimum atomic E-state index is -0.598. The van der Waals surface area contributed by atoms with Crippen LogP contribution in [-0.4, -0.2) is 0 Å². The molecule has 1 heteroatoms. The highest BCUT2D eigenvalue weighted by atomic mass is 31.1. The largest absolute Gasteiger partial charge is 0.0837 e. The van der Waals surface area contributed by atoms with Crippen LogP contribution in [0.4, 0.5) is 0 Å². The molecule has 0 radical (unpaired) electrons. The first kappa shape index (κ1) is 18.0. The second kappa shape index (κ2) is 7.67. The van der Waals surface area contributed by atoms with Crippen molar-refractivity contribution in [3.05, 3.63) is 109 Å². The summed E-state index contributed by atoms with van der Waals surface area (Å²) < 4.78 is 0. The smallest absolute Gasteiger partial charge is 0.00628 e. The van der Waals surface area contributed by atoms with Gasteiger partial charge in [-0.1, -0.05) is 117 Å². The van der Waals surface area contributed by atoms with Crippen molar-refractivity contribution >= 4 is 29.4 Å². The predicted molar refractivity (Wildman–Crippen MR) is 121 cm³/mol. The summed E-state index contributed by atoms with van der Waals surface area (Å²) in [5, 5.41) is 4.24. The summed E-state index contributed by atoms with van der Waals surface area (Å²) in [5.41, 5.74) is 2.99. The SMILES string of the molecule is CC1(C)CC=CC=C1c1ccccc1P(c1ccccc1)c1ccccc1. The number of benzene rings is 3. The van der Waals surface area contributed by atoms with Gasteiger partial charge in [-0.2, -0.15) is 0 Å². The van der Waals surface area contributed by atoms with E-state index in [4.69, 9.17) is 0 Å². The van der Waals surface area contributed by atoms with Crippen LogP contribution < -0.4 is 15.9 Å². The summed E-state index contributed by atoms with van der Waals surface area (Å²) in [6.45, 7) is 4.71. The molecule has 3 aromatic carbocycles. The van der Waals surface area contributed by atoms with E-state index in [-0.39, 0.29) is 5.41 Å². The molecule has 0 saturated heterocycles. The fraction of sp³-hybridized carbons (Fsp3) is 0.154. The maximum atomic E-state index is 2.35. The van der Waals surface area contributed by atoms with E-state index in [1.807, 2.05) is 0 Å². The highest BCUT2D eigenvalue weighted by Crippen LogP contribution is 2.43. The lowest BCUT2D eigenvalue weighted by molar-refractivity contribution is 0.506. The van der Waals surface area contributed by atoms with Crippen molar-refractivity contribution in [1.82, 2.24) is 0 Å². The molecule has 0 spiro atoms. The second-order valence-electron chi connectivity index (χ2n) is 7.62. The van der Waals surface area contributed by atoms with Crippen LogP contribution in [0, 0.1) is 5.41 Å².